The van der Waals surface area contributed by atoms with Gasteiger partial charge < -0.3 is 9.88 Å². The highest BCUT2D eigenvalue weighted by Gasteiger charge is 2.25. The maximum absolute atomic E-state index is 13.1. The van der Waals surface area contributed by atoms with Gasteiger partial charge in [0.15, 0.2) is 0 Å². The van der Waals surface area contributed by atoms with Gasteiger partial charge in [0, 0.05) is 22.8 Å². The Hall–Kier alpha value is -2.25. The fourth-order valence-electron chi connectivity index (χ4n) is 3.22. The number of aromatic nitrogens is 2. The maximum atomic E-state index is 13.1. The van der Waals surface area contributed by atoms with Crippen LogP contribution < -0.4 is 5.56 Å². The van der Waals surface area contributed by atoms with Gasteiger partial charge in [-0.15, -0.1) is 22.7 Å². The summed E-state index contributed by atoms with van der Waals surface area (Å²) in [6, 6.07) is 3.90. The average Bonchev–Trinajstić information content (AvgIpc) is 3.35. The molecule has 1 aliphatic heterocycles. The van der Waals surface area contributed by atoms with E-state index in [9.17, 15) is 9.59 Å². The fraction of sp³-hybridized carbons (Fsp3) is 0.316. The Bertz CT molecular complexity index is 1050. The van der Waals surface area contributed by atoms with Crippen molar-refractivity contribution in [2.75, 3.05) is 13.1 Å². The zero-order valence-corrected chi connectivity index (χ0v) is 16.3. The number of thiophene rings is 2. The van der Waals surface area contributed by atoms with Gasteiger partial charge in [-0.25, -0.2) is 4.98 Å². The highest BCUT2D eigenvalue weighted by atomic mass is 32.1. The molecule has 3 aromatic heterocycles. The van der Waals surface area contributed by atoms with Crippen LogP contribution in [0.2, 0.25) is 0 Å². The summed E-state index contributed by atoms with van der Waals surface area (Å²) in [7, 11) is 0. The second kappa shape index (κ2) is 6.81. The molecule has 0 atom stereocenters. The highest BCUT2D eigenvalue weighted by molar-refractivity contribution is 7.18. The minimum absolute atomic E-state index is 0.0663. The van der Waals surface area contributed by atoms with Crippen LogP contribution >= 0.6 is 22.7 Å². The summed E-state index contributed by atoms with van der Waals surface area (Å²) in [4.78, 5) is 37.8. The van der Waals surface area contributed by atoms with Gasteiger partial charge in [0.2, 0.25) is 0 Å². The lowest BCUT2D eigenvalue weighted by Gasteiger charge is -2.17. The summed E-state index contributed by atoms with van der Waals surface area (Å²) in [6.07, 6.45) is 3.87. The van der Waals surface area contributed by atoms with Gasteiger partial charge in [0.25, 0.3) is 11.5 Å². The molecule has 1 amide bonds. The average molecular weight is 386 g/mol. The number of aromatic amines is 1. The van der Waals surface area contributed by atoms with Gasteiger partial charge in [0.05, 0.1) is 11.0 Å². The molecule has 1 N–H and O–H groups in total. The Kier molecular flexibility index (Phi) is 4.50. The van der Waals surface area contributed by atoms with Gasteiger partial charge >= 0.3 is 0 Å². The van der Waals surface area contributed by atoms with Crippen LogP contribution in [-0.4, -0.2) is 33.9 Å². The van der Waals surface area contributed by atoms with Crippen LogP contribution in [0.1, 0.15) is 34.0 Å². The number of hydrogen-bond acceptors (Lipinski definition) is 5. The number of carbonyl (C=O) groups is 1. The van der Waals surface area contributed by atoms with Crippen molar-refractivity contribution in [3.8, 4) is 0 Å². The second-order valence-corrected chi connectivity index (χ2v) is 8.63. The number of likely N-dealkylation sites (tertiary alicyclic amines) is 1. The Morgan fingerprint density at radius 2 is 2.08 bits per heavy atom. The van der Waals surface area contributed by atoms with Crippen molar-refractivity contribution in [1.82, 2.24) is 14.9 Å². The third-order valence-corrected chi connectivity index (χ3v) is 6.67. The maximum Gasteiger partial charge on any atom is 0.260 e. The van der Waals surface area contributed by atoms with E-state index in [0.29, 0.717) is 21.6 Å². The van der Waals surface area contributed by atoms with E-state index in [2.05, 4.69) is 9.97 Å². The molecule has 0 radical (unpaired) electrons. The molecule has 3 aromatic rings. The Morgan fingerprint density at radius 3 is 2.77 bits per heavy atom. The first kappa shape index (κ1) is 17.2. The van der Waals surface area contributed by atoms with E-state index in [0.717, 1.165) is 41.2 Å². The van der Waals surface area contributed by atoms with Gasteiger partial charge in [0.1, 0.15) is 10.7 Å². The van der Waals surface area contributed by atoms with Crippen LogP contribution in [-0.2, 0) is 4.79 Å². The quantitative estimate of drug-likeness (QED) is 0.697. The molecule has 0 aliphatic carbocycles. The third-order valence-electron chi connectivity index (χ3n) is 4.75. The SMILES string of the molecule is Cc1sc2nc(/C(=C\c3cccs3)C(=O)N3CCCC3)[nH]c(=O)c2c1C. The molecule has 7 heteroatoms. The molecular weight excluding hydrogens is 366 g/mol. The first-order valence-electron chi connectivity index (χ1n) is 8.59. The van der Waals surface area contributed by atoms with E-state index in [1.807, 2.05) is 42.3 Å². The molecule has 5 nitrogen and oxygen atoms in total. The molecule has 0 unspecified atom stereocenters. The summed E-state index contributed by atoms with van der Waals surface area (Å²) in [5.41, 5.74) is 1.23. The number of carbonyl (C=O) groups excluding carboxylic acids is 1. The lowest BCUT2D eigenvalue weighted by Crippen LogP contribution is -2.29. The van der Waals surface area contributed by atoms with Gasteiger partial charge in [-0.05, 0) is 49.8 Å². The summed E-state index contributed by atoms with van der Waals surface area (Å²) in [5, 5.41) is 2.59. The molecular formula is C19H19N3O2S2. The summed E-state index contributed by atoms with van der Waals surface area (Å²) < 4.78 is 0. The topological polar surface area (TPSA) is 66.1 Å². The van der Waals surface area contributed by atoms with E-state index in [4.69, 9.17) is 0 Å². The van der Waals surface area contributed by atoms with Crippen molar-refractivity contribution in [2.45, 2.75) is 26.7 Å². The first-order valence-corrected chi connectivity index (χ1v) is 10.3. The molecule has 0 spiro atoms. The number of nitrogens with zero attached hydrogens (tertiary/aromatic N) is 2. The van der Waals surface area contributed by atoms with Crippen molar-refractivity contribution in [2.24, 2.45) is 0 Å². The van der Waals surface area contributed by atoms with E-state index >= 15 is 0 Å². The van der Waals surface area contributed by atoms with Crippen molar-refractivity contribution in [3.63, 3.8) is 0 Å². The zero-order chi connectivity index (χ0) is 18.3. The smallest absolute Gasteiger partial charge is 0.260 e. The van der Waals surface area contributed by atoms with Crippen LogP contribution in [0, 0.1) is 13.8 Å². The van der Waals surface area contributed by atoms with Crippen molar-refractivity contribution >= 4 is 50.4 Å². The number of hydrogen-bond donors (Lipinski definition) is 1. The number of rotatable bonds is 3. The van der Waals surface area contributed by atoms with E-state index in [-0.39, 0.29) is 11.5 Å². The minimum atomic E-state index is -0.182. The van der Waals surface area contributed by atoms with Crippen LogP contribution in [0.5, 0.6) is 0 Å². The molecule has 0 saturated carbocycles. The number of H-pyrrole nitrogens is 1. The number of nitrogens with one attached hydrogen (secondary N) is 1. The highest BCUT2D eigenvalue weighted by Crippen LogP contribution is 2.28. The molecule has 0 bridgehead atoms. The van der Waals surface area contributed by atoms with Crippen molar-refractivity contribution < 1.29 is 4.79 Å². The summed E-state index contributed by atoms with van der Waals surface area (Å²) >= 11 is 3.05. The predicted molar refractivity (Wildman–Crippen MR) is 108 cm³/mol. The third kappa shape index (κ3) is 3.01. The van der Waals surface area contributed by atoms with Gasteiger partial charge in [-0.3, -0.25) is 9.59 Å². The molecule has 134 valence electrons. The lowest BCUT2D eigenvalue weighted by molar-refractivity contribution is -0.123. The Balaban J connectivity index is 1.87. The number of amides is 1. The van der Waals surface area contributed by atoms with Crippen LogP contribution in [0.4, 0.5) is 0 Å². The molecule has 1 fully saturated rings. The molecule has 4 rings (SSSR count). The van der Waals surface area contributed by atoms with E-state index in [1.165, 1.54) is 11.3 Å². The van der Waals surface area contributed by atoms with Crippen LogP contribution in [0.15, 0.2) is 22.3 Å². The fourth-order valence-corrected chi connectivity index (χ4v) is 4.91. The molecule has 4 heterocycles. The minimum Gasteiger partial charge on any atom is -0.339 e. The Morgan fingerprint density at radius 1 is 1.31 bits per heavy atom. The zero-order valence-electron chi connectivity index (χ0n) is 14.7. The molecule has 26 heavy (non-hydrogen) atoms. The van der Waals surface area contributed by atoms with Gasteiger partial charge in [-0.1, -0.05) is 6.07 Å². The van der Waals surface area contributed by atoms with Crippen molar-refractivity contribution in [1.29, 1.82) is 0 Å². The number of aryl methyl sites for hydroxylation is 2. The monoisotopic (exact) mass is 385 g/mol. The summed E-state index contributed by atoms with van der Waals surface area (Å²) in [5.74, 6) is 0.289. The van der Waals surface area contributed by atoms with Crippen molar-refractivity contribution in [3.05, 3.63) is 49.0 Å². The van der Waals surface area contributed by atoms with E-state index < -0.39 is 0 Å². The second-order valence-electron chi connectivity index (χ2n) is 6.45. The summed E-state index contributed by atoms with van der Waals surface area (Å²) in [6.45, 7) is 5.43. The first-order chi connectivity index (χ1) is 12.5. The predicted octanol–water partition coefficient (Wildman–Crippen LogP) is 3.83. The normalized spacial score (nSPS) is 15.2. The Labute approximate surface area is 159 Å². The van der Waals surface area contributed by atoms with Gasteiger partial charge in [-0.2, -0.15) is 0 Å². The number of fused-ring (bicyclic) bond motifs is 1. The lowest BCUT2D eigenvalue weighted by atomic mass is 10.1. The molecule has 0 aromatic carbocycles. The van der Waals surface area contributed by atoms with Crippen LogP contribution in [0.3, 0.4) is 0 Å². The standard InChI is InChI=1S/C19H19N3O2S2/c1-11-12(2)26-18-15(11)17(23)20-16(21-18)14(10-13-6-5-9-25-13)19(24)22-7-3-4-8-22/h5-6,9-10H,3-4,7-8H2,1-2H3,(H,20,21,23)/b14-10+. The van der Waals surface area contributed by atoms with E-state index in [1.54, 1.807) is 11.3 Å². The molecule has 1 aliphatic rings. The van der Waals surface area contributed by atoms with Crippen LogP contribution in [0.25, 0.3) is 21.9 Å². The largest absolute Gasteiger partial charge is 0.339 e. The molecule has 1 saturated heterocycles.